The number of para-hydroxylation sites is 4. The summed E-state index contributed by atoms with van der Waals surface area (Å²) >= 11 is 0. The van der Waals surface area contributed by atoms with Gasteiger partial charge in [-0.15, -0.1) is 0 Å². The molecule has 0 radical (unpaired) electrons. The van der Waals surface area contributed by atoms with Gasteiger partial charge < -0.3 is 18.0 Å². The van der Waals surface area contributed by atoms with Gasteiger partial charge in [-0.1, -0.05) is 111 Å². The molecule has 282 valence electrons. The van der Waals surface area contributed by atoms with Crippen molar-refractivity contribution in [1.82, 2.24) is 9.13 Å². The van der Waals surface area contributed by atoms with Crippen molar-refractivity contribution in [3.63, 3.8) is 0 Å². The second-order valence-corrected chi connectivity index (χ2v) is 17.2. The Labute approximate surface area is 336 Å². The Balaban J connectivity index is 1.16. The number of benzene rings is 7. The molecule has 0 N–H and O–H groups in total. The highest BCUT2D eigenvalue weighted by Crippen LogP contribution is 2.53. The lowest BCUT2D eigenvalue weighted by Gasteiger charge is -2.30. The quantitative estimate of drug-likeness (QED) is 0.179. The number of hydrogen-bond donors (Lipinski definition) is 0. The van der Waals surface area contributed by atoms with Gasteiger partial charge in [-0.3, -0.25) is 0 Å². The van der Waals surface area contributed by atoms with Gasteiger partial charge >= 0.3 is 0 Å². The zero-order valence-electron chi connectivity index (χ0n) is 32.6. The maximum Gasteiger partial charge on any atom is 0.147 e. The van der Waals surface area contributed by atoms with Crippen LogP contribution in [0.3, 0.4) is 0 Å². The molecule has 4 heteroatoms. The minimum atomic E-state index is 0.473. The van der Waals surface area contributed by atoms with Crippen molar-refractivity contribution in [3.8, 4) is 11.4 Å². The molecule has 4 aromatic heterocycles. The van der Waals surface area contributed by atoms with Crippen LogP contribution in [-0.4, -0.2) is 9.13 Å². The molecule has 13 rings (SSSR count). The molecule has 2 aliphatic carbocycles. The van der Waals surface area contributed by atoms with Gasteiger partial charge in [0.25, 0.3) is 0 Å². The molecule has 0 atom stereocenters. The van der Waals surface area contributed by atoms with E-state index in [0.29, 0.717) is 11.8 Å². The Hall–Kier alpha value is -6.26. The third-order valence-electron chi connectivity index (χ3n) is 14.1. The minimum Gasteiger partial charge on any atom is -0.456 e. The molecule has 7 aromatic carbocycles. The van der Waals surface area contributed by atoms with Crippen LogP contribution in [0.5, 0.6) is 0 Å². The van der Waals surface area contributed by atoms with Crippen LogP contribution in [0.1, 0.15) is 87.2 Å². The highest BCUT2D eigenvalue weighted by molar-refractivity contribution is 6.25. The highest BCUT2D eigenvalue weighted by Gasteiger charge is 2.33. The average Bonchev–Trinajstić information content (AvgIpc) is 4.04. The van der Waals surface area contributed by atoms with E-state index >= 15 is 0 Å². The normalized spacial score (nSPS) is 16.1. The summed E-state index contributed by atoms with van der Waals surface area (Å²) in [5.41, 5.74) is 14.1. The molecule has 0 saturated heterocycles. The Kier molecular flexibility index (Phi) is 7.13. The standard InChI is InChI=1S/C54H44N2O2/c1-3-15-33(16-4-1)49-50(34-17-5-2-6-18-34)53-52(42-32-36(28-30-48(42)57-53)56-45-25-13-9-21-39(45)40-22-10-14-26-46(40)56)54-51(49)41-31-35(27-29-47(41)58-54)55-43-23-11-7-19-37(43)38-20-8-12-24-44(38)55/h7-14,19-34H,1-6,15-18H2. The lowest BCUT2D eigenvalue weighted by molar-refractivity contribution is 0.419. The van der Waals surface area contributed by atoms with E-state index in [1.807, 2.05) is 0 Å². The van der Waals surface area contributed by atoms with E-state index in [4.69, 9.17) is 8.83 Å². The Morgan fingerprint density at radius 1 is 0.362 bits per heavy atom. The molecule has 2 saturated carbocycles. The second-order valence-electron chi connectivity index (χ2n) is 17.2. The van der Waals surface area contributed by atoms with Crippen LogP contribution in [-0.2, 0) is 0 Å². The van der Waals surface area contributed by atoms with Crippen LogP contribution >= 0.6 is 0 Å². The predicted molar refractivity (Wildman–Crippen MR) is 241 cm³/mol. The summed E-state index contributed by atoms with van der Waals surface area (Å²) in [4.78, 5) is 0. The molecule has 2 fully saturated rings. The molecular formula is C54H44N2O2. The van der Waals surface area contributed by atoms with Gasteiger partial charge in [0.15, 0.2) is 0 Å². The first-order valence-electron chi connectivity index (χ1n) is 21.7. The highest BCUT2D eigenvalue weighted by atomic mass is 16.3. The van der Waals surface area contributed by atoms with Crippen molar-refractivity contribution < 1.29 is 8.83 Å². The lowest BCUT2D eigenvalue weighted by atomic mass is 9.74. The molecule has 11 aromatic rings. The molecule has 2 aliphatic rings. The summed E-state index contributed by atoms with van der Waals surface area (Å²) in [5.74, 6) is 0.956. The number of fused-ring (bicyclic) bond motifs is 13. The van der Waals surface area contributed by atoms with Crippen molar-refractivity contribution in [2.24, 2.45) is 0 Å². The molecule has 0 bridgehead atoms. The van der Waals surface area contributed by atoms with E-state index in [0.717, 1.165) is 38.8 Å². The predicted octanol–water partition coefficient (Wildman–Crippen LogP) is 15.8. The van der Waals surface area contributed by atoms with Gasteiger partial charge in [0.05, 0.1) is 27.5 Å². The van der Waals surface area contributed by atoms with Crippen molar-refractivity contribution in [2.45, 2.75) is 76.0 Å². The molecular weight excluding hydrogens is 709 g/mol. The van der Waals surface area contributed by atoms with E-state index in [2.05, 4.69) is 143 Å². The number of furan rings is 2. The van der Waals surface area contributed by atoms with E-state index in [9.17, 15) is 0 Å². The van der Waals surface area contributed by atoms with Crippen LogP contribution in [0.25, 0.3) is 98.9 Å². The zero-order valence-corrected chi connectivity index (χ0v) is 32.6. The second kappa shape index (κ2) is 12.6. The number of hydrogen-bond acceptors (Lipinski definition) is 2. The van der Waals surface area contributed by atoms with Gasteiger partial charge in [-0.2, -0.15) is 0 Å². The Morgan fingerprint density at radius 3 is 1.22 bits per heavy atom. The first-order chi connectivity index (χ1) is 28.8. The number of rotatable bonds is 4. The average molecular weight is 753 g/mol. The van der Waals surface area contributed by atoms with Crippen molar-refractivity contribution in [3.05, 3.63) is 145 Å². The molecule has 0 spiro atoms. The summed E-state index contributed by atoms with van der Waals surface area (Å²) in [7, 11) is 0. The Bertz CT molecular complexity index is 3320. The lowest BCUT2D eigenvalue weighted by Crippen LogP contribution is -2.13. The SMILES string of the molecule is c1ccc2c(c1)c1ccccc1n2-c1ccc2oc3c(c(C4CCCCC4)c(C4CCCCC4)c4oc5ccc(-n6c7ccccc7c7ccccc76)cc5c43)c2c1. The van der Waals surface area contributed by atoms with Gasteiger partial charge in [-0.25, -0.2) is 0 Å². The van der Waals surface area contributed by atoms with Crippen LogP contribution in [0, 0.1) is 0 Å². The summed E-state index contributed by atoms with van der Waals surface area (Å²) < 4.78 is 19.4. The molecule has 0 aliphatic heterocycles. The topological polar surface area (TPSA) is 36.1 Å². The summed E-state index contributed by atoms with van der Waals surface area (Å²) in [6, 6.07) is 49.0. The first-order valence-corrected chi connectivity index (χ1v) is 21.7. The monoisotopic (exact) mass is 752 g/mol. The van der Waals surface area contributed by atoms with Gasteiger partial charge in [0.1, 0.15) is 22.3 Å². The third-order valence-corrected chi connectivity index (χ3v) is 14.1. The molecule has 4 heterocycles. The number of aromatic nitrogens is 2. The van der Waals surface area contributed by atoms with Gasteiger partial charge in [0.2, 0.25) is 0 Å². The van der Waals surface area contributed by atoms with Gasteiger partial charge in [-0.05, 0) is 104 Å². The zero-order chi connectivity index (χ0) is 37.9. The number of nitrogens with zero attached hydrogens (tertiary/aromatic N) is 2. The van der Waals surface area contributed by atoms with Gasteiger partial charge in [0, 0.05) is 54.6 Å². The van der Waals surface area contributed by atoms with E-state index in [-0.39, 0.29) is 0 Å². The van der Waals surface area contributed by atoms with Crippen molar-refractivity contribution in [2.75, 3.05) is 0 Å². The fraction of sp³-hybridized carbons (Fsp3) is 0.222. The smallest absolute Gasteiger partial charge is 0.147 e. The summed E-state index contributed by atoms with van der Waals surface area (Å²) in [6.07, 6.45) is 12.6. The fourth-order valence-electron chi connectivity index (χ4n) is 11.6. The van der Waals surface area contributed by atoms with Crippen molar-refractivity contribution >= 4 is 87.5 Å². The minimum absolute atomic E-state index is 0.473. The van der Waals surface area contributed by atoms with Crippen LogP contribution in [0.15, 0.2) is 142 Å². The van der Waals surface area contributed by atoms with E-state index < -0.39 is 0 Å². The van der Waals surface area contributed by atoms with Crippen molar-refractivity contribution in [1.29, 1.82) is 0 Å². The fourth-order valence-corrected chi connectivity index (χ4v) is 11.6. The largest absolute Gasteiger partial charge is 0.456 e. The first kappa shape index (κ1) is 32.8. The maximum absolute atomic E-state index is 7.25. The van der Waals surface area contributed by atoms with Crippen LogP contribution in [0.4, 0.5) is 0 Å². The Morgan fingerprint density at radius 2 is 0.759 bits per heavy atom. The van der Waals surface area contributed by atoms with E-state index in [1.165, 1.54) is 135 Å². The molecule has 0 amide bonds. The van der Waals surface area contributed by atoms with E-state index in [1.54, 1.807) is 0 Å². The van der Waals surface area contributed by atoms with Crippen LogP contribution < -0.4 is 0 Å². The molecule has 4 nitrogen and oxygen atoms in total. The third kappa shape index (κ3) is 4.63. The summed E-state index contributed by atoms with van der Waals surface area (Å²) in [6.45, 7) is 0. The van der Waals surface area contributed by atoms with Crippen LogP contribution in [0.2, 0.25) is 0 Å². The maximum atomic E-state index is 7.25. The molecule has 58 heavy (non-hydrogen) atoms. The summed E-state index contributed by atoms with van der Waals surface area (Å²) in [5, 5.41) is 9.92. The molecule has 0 unspecified atom stereocenters.